The molecule has 2 aromatic carbocycles. The Morgan fingerprint density at radius 3 is 2.31 bits per heavy atom. The number of nitrogens with zero attached hydrogens (tertiary/aromatic N) is 3. The second kappa shape index (κ2) is 8.23. The highest BCUT2D eigenvalue weighted by Crippen LogP contribution is 2.28. The first-order chi connectivity index (χ1) is 12.5. The zero-order valence-corrected chi connectivity index (χ0v) is 15.4. The van der Waals surface area contributed by atoms with E-state index in [1.165, 1.54) is 12.1 Å². The van der Waals surface area contributed by atoms with Crippen LogP contribution in [0.1, 0.15) is 42.7 Å². The minimum atomic E-state index is -0.236. The lowest BCUT2D eigenvalue weighted by Gasteiger charge is -2.28. The van der Waals surface area contributed by atoms with Crippen molar-refractivity contribution in [1.82, 2.24) is 15.0 Å². The van der Waals surface area contributed by atoms with Gasteiger partial charge in [-0.3, -0.25) is 4.90 Å². The van der Waals surface area contributed by atoms with Gasteiger partial charge in [0.05, 0.1) is 12.6 Å². The number of aromatic nitrogens is 2. The van der Waals surface area contributed by atoms with Crippen molar-refractivity contribution in [3.05, 3.63) is 83.3 Å². The standard InChI is InChI=1S/C21H24FN3O/c1-15(2)13-20-23-19(24-26-20)14-25(3)21(16-7-5-4-6-8-16)17-9-11-18(22)12-10-17/h4-12,15,21H,13-14H2,1-3H3. The van der Waals surface area contributed by atoms with Crippen molar-refractivity contribution in [2.45, 2.75) is 32.9 Å². The highest BCUT2D eigenvalue weighted by Gasteiger charge is 2.21. The summed E-state index contributed by atoms with van der Waals surface area (Å²) in [6.45, 7) is 4.78. The minimum Gasteiger partial charge on any atom is -0.339 e. The van der Waals surface area contributed by atoms with Crippen molar-refractivity contribution < 1.29 is 8.91 Å². The molecule has 0 N–H and O–H groups in total. The molecule has 1 aromatic heterocycles. The molecule has 0 fully saturated rings. The van der Waals surface area contributed by atoms with Crippen LogP contribution in [0.25, 0.3) is 0 Å². The first-order valence-corrected chi connectivity index (χ1v) is 8.85. The molecule has 3 rings (SSSR count). The molecule has 136 valence electrons. The molecule has 0 aliphatic rings. The van der Waals surface area contributed by atoms with Gasteiger partial charge in [-0.25, -0.2) is 4.39 Å². The van der Waals surface area contributed by atoms with Gasteiger partial charge in [0.2, 0.25) is 5.89 Å². The average molecular weight is 353 g/mol. The van der Waals surface area contributed by atoms with Gasteiger partial charge >= 0.3 is 0 Å². The average Bonchev–Trinajstić information content (AvgIpc) is 3.04. The van der Waals surface area contributed by atoms with Crippen LogP contribution in [0.2, 0.25) is 0 Å². The molecule has 0 saturated carbocycles. The lowest BCUT2D eigenvalue weighted by Crippen LogP contribution is -2.25. The zero-order valence-electron chi connectivity index (χ0n) is 15.4. The molecule has 0 bridgehead atoms. The van der Waals surface area contributed by atoms with E-state index in [1.54, 1.807) is 0 Å². The second-order valence-corrected chi connectivity index (χ2v) is 6.98. The van der Waals surface area contributed by atoms with Crippen molar-refractivity contribution in [2.75, 3.05) is 7.05 Å². The summed E-state index contributed by atoms with van der Waals surface area (Å²) >= 11 is 0. The topological polar surface area (TPSA) is 42.2 Å². The molecule has 4 nitrogen and oxygen atoms in total. The van der Waals surface area contributed by atoms with Crippen LogP contribution in [0.15, 0.2) is 59.1 Å². The van der Waals surface area contributed by atoms with Gasteiger partial charge in [0.1, 0.15) is 5.82 Å². The highest BCUT2D eigenvalue weighted by atomic mass is 19.1. The summed E-state index contributed by atoms with van der Waals surface area (Å²) in [6.07, 6.45) is 0.775. The van der Waals surface area contributed by atoms with Crippen LogP contribution in [0.3, 0.4) is 0 Å². The normalized spacial score (nSPS) is 12.7. The summed E-state index contributed by atoms with van der Waals surface area (Å²) in [7, 11) is 2.01. The molecule has 0 amide bonds. The predicted octanol–water partition coefficient (Wildman–Crippen LogP) is 4.63. The second-order valence-electron chi connectivity index (χ2n) is 6.98. The van der Waals surface area contributed by atoms with E-state index >= 15 is 0 Å². The van der Waals surface area contributed by atoms with Crippen LogP contribution in [0.4, 0.5) is 4.39 Å². The summed E-state index contributed by atoms with van der Waals surface area (Å²) in [5, 5.41) is 4.11. The number of rotatable bonds is 7. The lowest BCUT2D eigenvalue weighted by molar-refractivity contribution is 0.258. The molecule has 0 spiro atoms. The lowest BCUT2D eigenvalue weighted by atomic mass is 9.97. The maximum atomic E-state index is 13.4. The van der Waals surface area contributed by atoms with Gasteiger partial charge in [0.25, 0.3) is 0 Å². The van der Waals surface area contributed by atoms with Crippen molar-refractivity contribution in [3.63, 3.8) is 0 Å². The Morgan fingerprint density at radius 2 is 1.65 bits per heavy atom. The molecule has 0 aliphatic heterocycles. The number of hydrogen-bond donors (Lipinski definition) is 0. The molecule has 3 aromatic rings. The summed E-state index contributed by atoms with van der Waals surface area (Å²) in [6, 6.07) is 16.8. The monoisotopic (exact) mass is 353 g/mol. The van der Waals surface area contributed by atoms with Crippen LogP contribution in [0, 0.1) is 11.7 Å². The van der Waals surface area contributed by atoms with E-state index in [9.17, 15) is 4.39 Å². The van der Waals surface area contributed by atoms with E-state index in [2.05, 4.69) is 41.0 Å². The molecule has 0 radical (unpaired) electrons. The Labute approximate surface area is 153 Å². The van der Waals surface area contributed by atoms with Gasteiger partial charge in [0.15, 0.2) is 5.82 Å². The van der Waals surface area contributed by atoms with E-state index in [0.29, 0.717) is 24.2 Å². The summed E-state index contributed by atoms with van der Waals surface area (Å²) in [5.41, 5.74) is 2.15. The Hall–Kier alpha value is -2.53. The Balaban J connectivity index is 1.84. The molecule has 1 atom stereocenters. The maximum absolute atomic E-state index is 13.4. The van der Waals surface area contributed by atoms with E-state index in [1.807, 2.05) is 37.4 Å². The summed E-state index contributed by atoms with van der Waals surface area (Å²) < 4.78 is 18.7. The van der Waals surface area contributed by atoms with Crippen molar-refractivity contribution >= 4 is 0 Å². The van der Waals surface area contributed by atoms with Crippen LogP contribution in [-0.2, 0) is 13.0 Å². The third-order valence-corrected chi connectivity index (χ3v) is 4.23. The van der Waals surface area contributed by atoms with E-state index in [0.717, 1.165) is 17.5 Å². The van der Waals surface area contributed by atoms with Gasteiger partial charge < -0.3 is 4.52 Å². The number of hydrogen-bond acceptors (Lipinski definition) is 4. The first kappa shape index (κ1) is 18.3. The van der Waals surface area contributed by atoms with E-state index in [4.69, 9.17) is 4.52 Å². The number of benzene rings is 2. The van der Waals surface area contributed by atoms with Gasteiger partial charge in [0, 0.05) is 6.42 Å². The molecule has 1 unspecified atom stereocenters. The smallest absolute Gasteiger partial charge is 0.226 e. The summed E-state index contributed by atoms with van der Waals surface area (Å²) in [5.74, 6) is 1.56. The number of halogens is 1. The van der Waals surface area contributed by atoms with Crippen LogP contribution >= 0.6 is 0 Å². The van der Waals surface area contributed by atoms with Crippen molar-refractivity contribution in [2.24, 2.45) is 5.92 Å². The Morgan fingerprint density at radius 1 is 1.00 bits per heavy atom. The molecular weight excluding hydrogens is 329 g/mol. The van der Waals surface area contributed by atoms with Gasteiger partial charge in [-0.05, 0) is 36.2 Å². The fourth-order valence-corrected chi connectivity index (χ4v) is 3.08. The molecule has 0 saturated heterocycles. The highest BCUT2D eigenvalue weighted by molar-refractivity contribution is 5.32. The Kier molecular flexibility index (Phi) is 5.78. The molecule has 26 heavy (non-hydrogen) atoms. The fraction of sp³-hybridized carbons (Fsp3) is 0.333. The van der Waals surface area contributed by atoms with E-state index in [-0.39, 0.29) is 11.9 Å². The summed E-state index contributed by atoms with van der Waals surface area (Å²) in [4.78, 5) is 6.64. The van der Waals surface area contributed by atoms with Crippen LogP contribution in [0.5, 0.6) is 0 Å². The molecule has 1 heterocycles. The molecular formula is C21H24FN3O. The SMILES string of the molecule is CC(C)Cc1nc(CN(C)C(c2ccccc2)c2ccc(F)cc2)no1. The maximum Gasteiger partial charge on any atom is 0.226 e. The quantitative estimate of drug-likeness (QED) is 0.621. The zero-order chi connectivity index (χ0) is 18.5. The predicted molar refractivity (Wildman–Crippen MR) is 99.0 cm³/mol. The van der Waals surface area contributed by atoms with Crippen LogP contribution in [-0.4, -0.2) is 22.1 Å². The largest absolute Gasteiger partial charge is 0.339 e. The van der Waals surface area contributed by atoms with Crippen LogP contribution < -0.4 is 0 Å². The molecule has 0 aliphatic carbocycles. The third-order valence-electron chi connectivity index (χ3n) is 4.23. The van der Waals surface area contributed by atoms with Crippen molar-refractivity contribution in [3.8, 4) is 0 Å². The molecule has 5 heteroatoms. The minimum absolute atomic E-state index is 0.0242. The van der Waals surface area contributed by atoms with Crippen molar-refractivity contribution in [1.29, 1.82) is 0 Å². The first-order valence-electron chi connectivity index (χ1n) is 8.85. The fourth-order valence-electron chi connectivity index (χ4n) is 3.08. The van der Waals surface area contributed by atoms with Gasteiger partial charge in [-0.15, -0.1) is 0 Å². The third kappa shape index (κ3) is 4.55. The van der Waals surface area contributed by atoms with Gasteiger partial charge in [-0.1, -0.05) is 61.5 Å². The van der Waals surface area contributed by atoms with Gasteiger partial charge in [-0.2, -0.15) is 4.98 Å². The Bertz CT molecular complexity index is 815. The van der Waals surface area contributed by atoms with E-state index < -0.39 is 0 Å².